The van der Waals surface area contributed by atoms with Gasteiger partial charge in [0.05, 0.1) is 5.41 Å². The summed E-state index contributed by atoms with van der Waals surface area (Å²) >= 11 is 0. The van der Waals surface area contributed by atoms with Crippen molar-refractivity contribution in [2.24, 2.45) is 23.2 Å². The number of esters is 1. The Morgan fingerprint density at radius 3 is 2.33 bits per heavy atom. The fourth-order valence-electron chi connectivity index (χ4n) is 4.75. The Labute approximate surface area is 121 Å². The van der Waals surface area contributed by atoms with Gasteiger partial charge in [-0.3, -0.25) is 9.35 Å². The SMILES string of the molecule is O=C(OCC(F)(F)CS(=O)(=O)O)C12CC3CC(CC1C3)C2. The molecule has 0 aromatic carbocycles. The van der Waals surface area contributed by atoms with E-state index in [1.165, 1.54) is 0 Å². The molecule has 0 aromatic rings. The molecule has 4 aliphatic carbocycles. The molecule has 8 heteroatoms. The maximum absolute atomic E-state index is 13.4. The van der Waals surface area contributed by atoms with Gasteiger partial charge in [0.1, 0.15) is 5.75 Å². The van der Waals surface area contributed by atoms with E-state index in [2.05, 4.69) is 0 Å². The fraction of sp³-hybridized carbons (Fsp3) is 0.923. The average molecular weight is 324 g/mol. The van der Waals surface area contributed by atoms with Crippen molar-refractivity contribution in [2.75, 3.05) is 12.4 Å². The van der Waals surface area contributed by atoms with Gasteiger partial charge in [0, 0.05) is 0 Å². The van der Waals surface area contributed by atoms with Crippen molar-refractivity contribution < 1.29 is 31.3 Å². The molecule has 4 bridgehead atoms. The minimum absolute atomic E-state index is 0.226. The molecule has 0 saturated heterocycles. The van der Waals surface area contributed by atoms with Crippen LogP contribution in [0.3, 0.4) is 0 Å². The van der Waals surface area contributed by atoms with Crippen LogP contribution in [0.2, 0.25) is 0 Å². The third-order valence-electron chi connectivity index (χ3n) is 5.20. The van der Waals surface area contributed by atoms with Gasteiger partial charge in [-0.25, -0.2) is 8.78 Å². The van der Waals surface area contributed by atoms with Crippen molar-refractivity contribution >= 4 is 16.1 Å². The molecule has 4 rings (SSSR count). The summed E-state index contributed by atoms with van der Waals surface area (Å²) in [6.45, 7) is -1.30. The number of carbonyl (C=O) groups excluding carboxylic acids is 1. The Hall–Kier alpha value is -0.760. The molecule has 0 aliphatic heterocycles. The molecule has 4 fully saturated rings. The Morgan fingerprint density at radius 1 is 1.24 bits per heavy atom. The van der Waals surface area contributed by atoms with Crippen molar-refractivity contribution in [3.63, 3.8) is 0 Å². The largest absolute Gasteiger partial charge is 0.459 e. The van der Waals surface area contributed by atoms with Crippen LogP contribution in [-0.4, -0.2) is 37.2 Å². The molecule has 4 aliphatic rings. The molecule has 1 N–H and O–H groups in total. The van der Waals surface area contributed by atoms with Crippen LogP contribution in [0.25, 0.3) is 0 Å². The highest BCUT2D eigenvalue weighted by molar-refractivity contribution is 7.85. The maximum Gasteiger partial charge on any atom is 0.312 e. The lowest BCUT2D eigenvalue weighted by Gasteiger charge is -2.31. The van der Waals surface area contributed by atoms with E-state index in [-0.39, 0.29) is 5.92 Å². The van der Waals surface area contributed by atoms with E-state index in [4.69, 9.17) is 9.29 Å². The Morgan fingerprint density at radius 2 is 1.81 bits per heavy atom. The van der Waals surface area contributed by atoms with E-state index >= 15 is 0 Å². The summed E-state index contributed by atoms with van der Waals surface area (Å²) in [6, 6.07) is 0. The normalized spacial score (nSPS) is 38.0. The van der Waals surface area contributed by atoms with E-state index in [0.717, 1.165) is 19.3 Å². The lowest BCUT2D eigenvalue weighted by atomic mass is 9.75. The minimum atomic E-state index is -4.81. The summed E-state index contributed by atoms with van der Waals surface area (Å²) in [7, 11) is -4.81. The molecule has 21 heavy (non-hydrogen) atoms. The minimum Gasteiger partial charge on any atom is -0.459 e. The lowest BCUT2D eigenvalue weighted by molar-refractivity contribution is -0.167. The van der Waals surface area contributed by atoms with E-state index in [1.54, 1.807) is 0 Å². The molecule has 120 valence electrons. The average Bonchev–Trinajstić information content (AvgIpc) is 2.69. The predicted molar refractivity (Wildman–Crippen MR) is 68.3 cm³/mol. The molecule has 0 radical (unpaired) electrons. The highest BCUT2D eigenvalue weighted by Gasteiger charge is 2.62. The second-order valence-corrected chi connectivity index (χ2v) is 8.31. The van der Waals surface area contributed by atoms with Crippen molar-refractivity contribution in [3.05, 3.63) is 0 Å². The quantitative estimate of drug-likeness (QED) is 0.617. The third-order valence-corrected chi connectivity index (χ3v) is 5.99. The van der Waals surface area contributed by atoms with Crippen molar-refractivity contribution in [1.82, 2.24) is 0 Å². The number of alkyl halides is 2. The van der Waals surface area contributed by atoms with E-state index in [9.17, 15) is 22.0 Å². The first kappa shape index (κ1) is 15.1. The molecule has 0 amide bonds. The molecule has 2 unspecified atom stereocenters. The van der Waals surface area contributed by atoms with Gasteiger partial charge >= 0.3 is 5.97 Å². The van der Waals surface area contributed by atoms with Crippen LogP contribution < -0.4 is 0 Å². The second kappa shape index (κ2) is 4.62. The van der Waals surface area contributed by atoms with Crippen LogP contribution in [0.1, 0.15) is 32.1 Å². The summed E-state index contributed by atoms with van der Waals surface area (Å²) in [5.74, 6) is -4.90. The first-order valence-electron chi connectivity index (χ1n) is 7.10. The maximum atomic E-state index is 13.4. The van der Waals surface area contributed by atoms with Gasteiger partial charge in [0.25, 0.3) is 16.0 Å². The van der Waals surface area contributed by atoms with Crippen molar-refractivity contribution in [1.29, 1.82) is 0 Å². The van der Waals surface area contributed by atoms with Gasteiger partial charge in [-0.1, -0.05) is 0 Å². The molecule has 0 aromatic heterocycles. The van der Waals surface area contributed by atoms with E-state index in [0.29, 0.717) is 24.7 Å². The van der Waals surface area contributed by atoms with Crippen LogP contribution in [0.4, 0.5) is 8.78 Å². The van der Waals surface area contributed by atoms with Gasteiger partial charge in [-0.05, 0) is 49.9 Å². The lowest BCUT2D eigenvalue weighted by Crippen LogP contribution is -2.39. The van der Waals surface area contributed by atoms with E-state index < -0.39 is 39.8 Å². The number of hydrogen-bond donors (Lipinski definition) is 1. The number of ether oxygens (including phenoxy) is 1. The molecular formula is C13H18F2O5S. The summed E-state index contributed by atoms with van der Waals surface area (Å²) in [5.41, 5.74) is -0.623. The second-order valence-electron chi connectivity index (χ2n) is 6.86. The van der Waals surface area contributed by atoms with Crippen LogP contribution in [0, 0.1) is 23.2 Å². The zero-order valence-corrected chi connectivity index (χ0v) is 12.2. The first-order valence-corrected chi connectivity index (χ1v) is 8.71. The van der Waals surface area contributed by atoms with Gasteiger partial charge in [-0.2, -0.15) is 8.42 Å². The van der Waals surface area contributed by atoms with Gasteiger partial charge < -0.3 is 4.74 Å². The van der Waals surface area contributed by atoms with Crippen molar-refractivity contribution in [2.45, 2.75) is 38.0 Å². The number of halogens is 2. The standard InChI is InChI=1S/C13H18F2O5S/c14-13(15,7-21(17,18)19)6-20-11(16)12-4-8-1-9(5-12)3-10(12)2-8/h8-10H,1-7H2,(H,17,18,19). The summed E-state index contributed by atoms with van der Waals surface area (Å²) in [5, 5.41) is 0. The topological polar surface area (TPSA) is 80.7 Å². The summed E-state index contributed by atoms with van der Waals surface area (Å²) in [6.07, 6.45) is 4.46. The van der Waals surface area contributed by atoms with Crippen LogP contribution in [0.15, 0.2) is 0 Å². The van der Waals surface area contributed by atoms with Crippen LogP contribution in [0.5, 0.6) is 0 Å². The Bertz CT molecular complexity index is 545. The zero-order chi connectivity index (χ0) is 15.5. The monoisotopic (exact) mass is 324 g/mol. The molecular weight excluding hydrogens is 306 g/mol. The first-order chi connectivity index (χ1) is 9.60. The predicted octanol–water partition coefficient (Wildman–Crippen LogP) is 1.88. The molecule has 2 atom stereocenters. The van der Waals surface area contributed by atoms with Crippen LogP contribution in [-0.2, 0) is 19.6 Å². The molecule has 0 heterocycles. The molecule has 4 saturated carbocycles. The van der Waals surface area contributed by atoms with Crippen LogP contribution >= 0.6 is 0 Å². The van der Waals surface area contributed by atoms with Crippen molar-refractivity contribution in [3.8, 4) is 0 Å². The smallest absolute Gasteiger partial charge is 0.312 e. The molecule has 0 spiro atoms. The third kappa shape index (κ3) is 2.79. The van der Waals surface area contributed by atoms with Gasteiger partial charge in [0.2, 0.25) is 0 Å². The zero-order valence-electron chi connectivity index (χ0n) is 11.4. The summed E-state index contributed by atoms with van der Waals surface area (Å²) in [4.78, 5) is 12.3. The highest BCUT2D eigenvalue weighted by Crippen LogP contribution is 2.65. The highest BCUT2D eigenvalue weighted by atomic mass is 32.2. The van der Waals surface area contributed by atoms with Gasteiger partial charge in [-0.15, -0.1) is 0 Å². The Balaban J connectivity index is 1.63. The fourth-order valence-corrected chi connectivity index (χ4v) is 5.37. The Kier molecular flexibility index (Phi) is 3.33. The number of hydrogen-bond acceptors (Lipinski definition) is 4. The van der Waals surface area contributed by atoms with Gasteiger partial charge in [0.15, 0.2) is 6.61 Å². The van der Waals surface area contributed by atoms with E-state index in [1.807, 2.05) is 0 Å². The summed E-state index contributed by atoms with van der Waals surface area (Å²) < 4.78 is 61.0. The molecule has 5 nitrogen and oxygen atoms in total. The number of rotatable bonds is 5. The number of carbonyl (C=O) groups is 1.